The van der Waals surface area contributed by atoms with E-state index in [9.17, 15) is 9.59 Å². The molecule has 5 heteroatoms. The molecule has 2 amide bonds. The Bertz CT molecular complexity index is 812. The quantitative estimate of drug-likeness (QED) is 0.734. The van der Waals surface area contributed by atoms with Crippen LogP contribution in [0.4, 0.5) is 5.69 Å². The number of amides is 2. The molecule has 2 aromatic rings. The minimum atomic E-state index is -0.500. The smallest absolute Gasteiger partial charge is 0.268 e. The summed E-state index contributed by atoms with van der Waals surface area (Å²) in [4.78, 5) is 26.1. The maximum Gasteiger partial charge on any atom is 0.277 e. The Morgan fingerprint density at radius 3 is 2.32 bits per heavy atom. The Morgan fingerprint density at radius 1 is 1.00 bits per heavy atom. The number of benzene rings is 2. The first-order valence-electron chi connectivity index (χ1n) is 6.60. The zero-order valence-electron chi connectivity index (χ0n) is 11.6. The summed E-state index contributed by atoms with van der Waals surface area (Å²) in [5.74, 6) is -0.905. The highest BCUT2D eigenvalue weighted by Gasteiger charge is 2.39. The van der Waals surface area contributed by atoms with Crippen LogP contribution in [0.1, 0.15) is 11.1 Å². The van der Waals surface area contributed by atoms with E-state index in [1.165, 1.54) is 0 Å². The van der Waals surface area contributed by atoms with Gasteiger partial charge in [0, 0.05) is 4.47 Å². The van der Waals surface area contributed by atoms with E-state index in [2.05, 4.69) is 15.9 Å². The van der Waals surface area contributed by atoms with Gasteiger partial charge in [0.1, 0.15) is 5.03 Å². The van der Waals surface area contributed by atoms with Gasteiger partial charge >= 0.3 is 0 Å². The number of carbonyl (C=O) groups excluding carboxylic acids is 2. The summed E-state index contributed by atoms with van der Waals surface area (Å²) in [5, 5.41) is -0.0474. The zero-order chi connectivity index (χ0) is 15.9. The fourth-order valence-corrected chi connectivity index (χ4v) is 2.98. The lowest BCUT2D eigenvalue weighted by atomic mass is 10.0. The van der Waals surface area contributed by atoms with E-state index < -0.39 is 11.8 Å². The summed E-state index contributed by atoms with van der Waals surface area (Å²) in [5.41, 5.74) is 2.45. The Morgan fingerprint density at radius 2 is 1.68 bits per heavy atom. The molecule has 0 bridgehead atoms. The number of nitrogens with zero attached hydrogens (tertiary/aromatic N) is 1. The number of halogens is 2. The third-order valence-electron chi connectivity index (χ3n) is 3.43. The Labute approximate surface area is 141 Å². The molecule has 0 fully saturated rings. The van der Waals surface area contributed by atoms with Gasteiger partial charge in [-0.3, -0.25) is 9.59 Å². The molecule has 0 aliphatic carbocycles. The van der Waals surface area contributed by atoms with Crippen molar-refractivity contribution < 1.29 is 9.59 Å². The average molecular weight is 377 g/mol. The molecule has 1 aliphatic heterocycles. The third-order valence-corrected chi connectivity index (χ3v) is 4.28. The number of anilines is 1. The predicted molar refractivity (Wildman–Crippen MR) is 90.6 cm³/mol. The summed E-state index contributed by atoms with van der Waals surface area (Å²) in [6, 6.07) is 14.3. The van der Waals surface area contributed by atoms with Gasteiger partial charge in [0.2, 0.25) is 0 Å². The predicted octanol–water partition coefficient (Wildman–Crippen LogP) is 4.28. The fourth-order valence-electron chi connectivity index (χ4n) is 2.32. The van der Waals surface area contributed by atoms with Crippen molar-refractivity contribution >= 4 is 50.6 Å². The van der Waals surface area contributed by atoms with Gasteiger partial charge in [-0.15, -0.1) is 0 Å². The second-order valence-corrected chi connectivity index (χ2v) is 6.27. The average Bonchev–Trinajstić information content (AvgIpc) is 2.71. The van der Waals surface area contributed by atoms with Gasteiger partial charge in [0.25, 0.3) is 11.8 Å². The van der Waals surface area contributed by atoms with Gasteiger partial charge in [-0.2, -0.15) is 0 Å². The van der Waals surface area contributed by atoms with Crippen LogP contribution < -0.4 is 4.90 Å². The molecule has 1 aliphatic rings. The van der Waals surface area contributed by atoms with E-state index in [0.29, 0.717) is 11.3 Å². The summed E-state index contributed by atoms with van der Waals surface area (Å²) >= 11 is 9.47. The number of imide groups is 1. The summed E-state index contributed by atoms with van der Waals surface area (Å²) in [6.07, 6.45) is 0. The largest absolute Gasteiger partial charge is 0.277 e. The second-order valence-electron chi connectivity index (χ2n) is 4.98. The molecule has 1 heterocycles. The minimum Gasteiger partial charge on any atom is -0.268 e. The van der Waals surface area contributed by atoms with Crippen molar-refractivity contribution in [1.29, 1.82) is 0 Å². The van der Waals surface area contributed by atoms with Gasteiger partial charge in [-0.05, 0) is 30.7 Å². The van der Waals surface area contributed by atoms with Crippen LogP contribution in [0, 0.1) is 6.92 Å². The molecule has 2 aromatic carbocycles. The lowest BCUT2D eigenvalue weighted by molar-refractivity contribution is -0.119. The molecule has 22 heavy (non-hydrogen) atoms. The van der Waals surface area contributed by atoms with Crippen LogP contribution in [0.2, 0.25) is 0 Å². The molecule has 0 unspecified atom stereocenters. The molecule has 0 radical (unpaired) electrons. The highest BCUT2D eigenvalue weighted by atomic mass is 79.9. The summed E-state index contributed by atoms with van der Waals surface area (Å²) < 4.78 is 0.783. The highest BCUT2D eigenvalue weighted by molar-refractivity contribution is 9.10. The second kappa shape index (κ2) is 5.71. The maximum absolute atomic E-state index is 12.7. The maximum atomic E-state index is 12.7. The first-order valence-corrected chi connectivity index (χ1v) is 7.77. The van der Waals surface area contributed by atoms with Gasteiger partial charge in [0.05, 0.1) is 11.3 Å². The van der Waals surface area contributed by atoms with E-state index in [1.807, 2.05) is 25.1 Å². The molecule has 0 saturated carbocycles. The molecule has 0 atom stereocenters. The lowest BCUT2D eigenvalue weighted by Gasteiger charge is -2.15. The van der Waals surface area contributed by atoms with Crippen molar-refractivity contribution in [1.82, 2.24) is 0 Å². The van der Waals surface area contributed by atoms with E-state index in [4.69, 9.17) is 11.6 Å². The first kappa shape index (κ1) is 15.0. The van der Waals surface area contributed by atoms with E-state index in [-0.39, 0.29) is 10.6 Å². The molecular formula is C17H11BrClNO2. The Balaban J connectivity index is 2.05. The molecule has 0 N–H and O–H groups in total. The normalized spacial score (nSPS) is 15.0. The van der Waals surface area contributed by atoms with Crippen molar-refractivity contribution in [3.05, 3.63) is 69.2 Å². The fraction of sp³-hybridized carbons (Fsp3) is 0.0588. The SMILES string of the molecule is Cc1ccc(C2=C(Cl)C(=O)N(c3cccc(Br)c3)C2=O)cc1. The Hall–Kier alpha value is -1.91. The third kappa shape index (κ3) is 2.49. The standard InChI is InChI=1S/C17H11BrClNO2/c1-10-5-7-11(8-6-10)14-15(19)17(22)20(16(14)21)13-4-2-3-12(18)9-13/h2-9H,1H3. The molecule has 3 nitrogen and oxygen atoms in total. The summed E-state index contributed by atoms with van der Waals surface area (Å²) in [6.45, 7) is 1.95. The lowest BCUT2D eigenvalue weighted by Crippen LogP contribution is -2.31. The monoisotopic (exact) mass is 375 g/mol. The van der Waals surface area contributed by atoms with Crippen molar-refractivity contribution in [2.45, 2.75) is 6.92 Å². The minimum absolute atomic E-state index is 0.0474. The van der Waals surface area contributed by atoms with E-state index in [1.54, 1.807) is 30.3 Å². The number of hydrogen-bond acceptors (Lipinski definition) is 2. The highest BCUT2D eigenvalue weighted by Crippen LogP contribution is 2.35. The summed E-state index contributed by atoms with van der Waals surface area (Å²) in [7, 11) is 0. The van der Waals surface area contributed by atoms with Crippen LogP contribution in [-0.2, 0) is 9.59 Å². The number of rotatable bonds is 2. The molecule has 0 saturated heterocycles. The molecule has 3 rings (SSSR count). The van der Waals surface area contributed by atoms with Gasteiger partial charge in [-0.1, -0.05) is 63.4 Å². The van der Waals surface area contributed by atoms with Gasteiger partial charge in [-0.25, -0.2) is 4.90 Å². The number of hydrogen-bond donors (Lipinski definition) is 0. The van der Waals surface area contributed by atoms with Crippen LogP contribution >= 0.6 is 27.5 Å². The van der Waals surface area contributed by atoms with Crippen LogP contribution in [-0.4, -0.2) is 11.8 Å². The van der Waals surface area contributed by atoms with E-state index in [0.717, 1.165) is 14.9 Å². The van der Waals surface area contributed by atoms with Crippen LogP contribution in [0.3, 0.4) is 0 Å². The van der Waals surface area contributed by atoms with Gasteiger partial charge < -0.3 is 0 Å². The Kier molecular flexibility index (Phi) is 3.89. The van der Waals surface area contributed by atoms with Crippen molar-refractivity contribution in [3.8, 4) is 0 Å². The zero-order valence-corrected chi connectivity index (χ0v) is 14.0. The van der Waals surface area contributed by atoms with E-state index >= 15 is 0 Å². The van der Waals surface area contributed by atoms with Crippen molar-refractivity contribution in [3.63, 3.8) is 0 Å². The molecule has 110 valence electrons. The number of carbonyl (C=O) groups is 2. The van der Waals surface area contributed by atoms with Crippen LogP contribution in [0.25, 0.3) is 5.57 Å². The topological polar surface area (TPSA) is 37.4 Å². The number of aryl methyl sites for hydroxylation is 1. The molecule has 0 spiro atoms. The first-order chi connectivity index (χ1) is 10.5. The molecule has 0 aromatic heterocycles. The van der Waals surface area contributed by atoms with Crippen molar-refractivity contribution in [2.75, 3.05) is 4.90 Å². The van der Waals surface area contributed by atoms with Crippen LogP contribution in [0.15, 0.2) is 58.0 Å². The van der Waals surface area contributed by atoms with Gasteiger partial charge in [0.15, 0.2) is 0 Å². The molecular weight excluding hydrogens is 366 g/mol. The van der Waals surface area contributed by atoms with Crippen molar-refractivity contribution in [2.24, 2.45) is 0 Å². The van der Waals surface area contributed by atoms with Crippen LogP contribution in [0.5, 0.6) is 0 Å².